The number of ether oxygens (including phenoxy) is 2. The number of hydrogen-bond acceptors (Lipinski definition) is 3. The highest BCUT2D eigenvalue weighted by atomic mass is 16.5. The minimum Gasteiger partial charge on any atom is -0.394 e. The molecule has 0 heterocycles. The molecule has 0 saturated carbocycles. The van der Waals surface area contributed by atoms with Gasteiger partial charge in [-0.3, -0.25) is 0 Å². The highest BCUT2D eigenvalue weighted by molar-refractivity contribution is 4.52. The Bertz CT molecular complexity index is 162. The van der Waals surface area contributed by atoms with Crippen LogP contribution in [0.25, 0.3) is 0 Å². The Kier molecular flexibility index (Phi) is 13.2. The van der Waals surface area contributed by atoms with Crippen molar-refractivity contribution in [2.24, 2.45) is 0 Å². The fourth-order valence-corrected chi connectivity index (χ4v) is 1.74. The molecule has 0 aromatic carbocycles. The van der Waals surface area contributed by atoms with Crippen LogP contribution >= 0.6 is 0 Å². The predicted octanol–water partition coefficient (Wildman–Crippen LogP) is 3.54. The van der Waals surface area contributed by atoms with E-state index in [1.165, 1.54) is 38.5 Å². The summed E-state index contributed by atoms with van der Waals surface area (Å²) in [6.07, 6.45) is 9.20. The first-order chi connectivity index (χ1) is 8.70. The van der Waals surface area contributed by atoms with Gasteiger partial charge in [0.25, 0.3) is 0 Å². The van der Waals surface area contributed by atoms with Crippen LogP contribution in [-0.2, 0) is 9.47 Å². The van der Waals surface area contributed by atoms with Crippen molar-refractivity contribution in [2.75, 3.05) is 19.8 Å². The molecule has 0 rings (SSSR count). The lowest BCUT2D eigenvalue weighted by Crippen LogP contribution is -2.22. The topological polar surface area (TPSA) is 38.7 Å². The van der Waals surface area contributed by atoms with E-state index < -0.39 is 0 Å². The van der Waals surface area contributed by atoms with Crippen molar-refractivity contribution in [2.45, 2.75) is 77.9 Å². The third-order valence-electron chi connectivity index (χ3n) is 3.02. The first kappa shape index (κ1) is 17.9. The third kappa shape index (κ3) is 12.3. The highest BCUT2D eigenvalue weighted by Gasteiger charge is 2.05. The van der Waals surface area contributed by atoms with Crippen LogP contribution in [0.15, 0.2) is 0 Å². The van der Waals surface area contributed by atoms with E-state index in [-0.39, 0.29) is 18.8 Å². The van der Waals surface area contributed by atoms with Crippen LogP contribution in [0.2, 0.25) is 0 Å². The average Bonchev–Trinajstić information content (AvgIpc) is 2.39. The summed E-state index contributed by atoms with van der Waals surface area (Å²) in [5, 5.41) is 8.82. The molecule has 2 unspecified atom stereocenters. The summed E-state index contributed by atoms with van der Waals surface area (Å²) in [7, 11) is 0. The molecule has 3 nitrogen and oxygen atoms in total. The molecule has 0 spiro atoms. The predicted molar refractivity (Wildman–Crippen MR) is 75.9 cm³/mol. The molecule has 1 N–H and O–H groups in total. The molecule has 0 fully saturated rings. The van der Waals surface area contributed by atoms with Crippen LogP contribution in [0.4, 0.5) is 0 Å². The number of hydrogen-bond donors (Lipinski definition) is 1. The molecule has 3 heteroatoms. The van der Waals surface area contributed by atoms with Crippen molar-refractivity contribution in [1.29, 1.82) is 0 Å². The van der Waals surface area contributed by atoms with Gasteiger partial charge in [-0.2, -0.15) is 0 Å². The zero-order valence-corrected chi connectivity index (χ0v) is 12.5. The first-order valence-electron chi connectivity index (χ1n) is 7.54. The van der Waals surface area contributed by atoms with Crippen LogP contribution in [0, 0.1) is 0 Å². The Morgan fingerprint density at radius 3 is 2.06 bits per heavy atom. The molecular formula is C15H32O3. The van der Waals surface area contributed by atoms with E-state index >= 15 is 0 Å². The third-order valence-corrected chi connectivity index (χ3v) is 3.02. The molecule has 110 valence electrons. The monoisotopic (exact) mass is 260 g/mol. The normalized spacial score (nSPS) is 14.7. The van der Waals surface area contributed by atoms with E-state index in [9.17, 15) is 0 Å². The Morgan fingerprint density at radius 1 is 0.833 bits per heavy atom. The Balaban J connectivity index is 3.17. The summed E-state index contributed by atoms with van der Waals surface area (Å²) < 4.78 is 11.1. The minimum atomic E-state index is -0.0883. The standard InChI is InChI=1S/C15H32O3/c1-4-5-6-7-8-9-10-11-17-15(3)13-18-14(2)12-16/h14-16H,4-13H2,1-3H3. The summed E-state index contributed by atoms with van der Waals surface area (Å²) in [6.45, 7) is 7.60. The Labute approximate surface area is 113 Å². The summed E-state index contributed by atoms with van der Waals surface area (Å²) >= 11 is 0. The van der Waals surface area contributed by atoms with Gasteiger partial charge in [0.2, 0.25) is 0 Å². The van der Waals surface area contributed by atoms with Gasteiger partial charge in [0.05, 0.1) is 25.4 Å². The average molecular weight is 260 g/mol. The SMILES string of the molecule is CCCCCCCCCOC(C)COC(C)CO. The molecule has 0 amide bonds. The van der Waals surface area contributed by atoms with Crippen molar-refractivity contribution in [1.82, 2.24) is 0 Å². The van der Waals surface area contributed by atoms with Gasteiger partial charge in [-0.25, -0.2) is 0 Å². The fourth-order valence-electron chi connectivity index (χ4n) is 1.74. The Hall–Kier alpha value is -0.120. The van der Waals surface area contributed by atoms with Crippen molar-refractivity contribution < 1.29 is 14.6 Å². The van der Waals surface area contributed by atoms with Gasteiger partial charge < -0.3 is 14.6 Å². The van der Waals surface area contributed by atoms with Crippen LogP contribution in [0.3, 0.4) is 0 Å². The second kappa shape index (κ2) is 13.3. The first-order valence-corrected chi connectivity index (χ1v) is 7.54. The largest absolute Gasteiger partial charge is 0.394 e. The number of unbranched alkanes of at least 4 members (excludes halogenated alkanes) is 6. The zero-order chi connectivity index (χ0) is 13.6. The Morgan fingerprint density at radius 2 is 1.44 bits per heavy atom. The molecule has 0 aliphatic heterocycles. The molecule has 0 aliphatic rings. The summed E-state index contributed by atoms with van der Waals surface area (Å²) in [5.74, 6) is 0. The van der Waals surface area contributed by atoms with Crippen LogP contribution < -0.4 is 0 Å². The van der Waals surface area contributed by atoms with E-state index in [4.69, 9.17) is 14.6 Å². The molecule has 0 bridgehead atoms. The van der Waals surface area contributed by atoms with Gasteiger partial charge >= 0.3 is 0 Å². The maximum absolute atomic E-state index is 8.82. The smallest absolute Gasteiger partial charge is 0.0780 e. The maximum atomic E-state index is 8.82. The van der Waals surface area contributed by atoms with Gasteiger partial charge in [-0.05, 0) is 20.3 Å². The molecule has 0 radical (unpaired) electrons. The van der Waals surface area contributed by atoms with Gasteiger partial charge in [0, 0.05) is 6.61 Å². The van der Waals surface area contributed by atoms with Crippen LogP contribution in [0.5, 0.6) is 0 Å². The van der Waals surface area contributed by atoms with Crippen LogP contribution in [-0.4, -0.2) is 37.1 Å². The summed E-state index contributed by atoms with van der Waals surface area (Å²) in [5.41, 5.74) is 0. The summed E-state index contributed by atoms with van der Waals surface area (Å²) in [4.78, 5) is 0. The van der Waals surface area contributed by atoms with E-state index in [2.05, 4.69) is 6.92 Å². The quantitative estimate of drug-likeness (QED) is 0.515. The van der Waals surface area contributed by atoms with Crippen LogP contribution in [0.1, 0.15) is 65.7 Å². The van der Waals surface area contributed by atoms with Crippen molar-refractivity contribution in [3.63, 3.8) is 0 Å². The molecule has 0 aromatic heterocycles. The number of aliphatic hydroxyl groups is 1. The van der Waals surface area contributed by atoms with E-state index in [1.807, 2.05) is 13.8 Å². The van der Waals surface area contributed by atoms with Gasteiger partial charge in [-0.15, -0.1) is 0 Å². The molecule has 0 aromatic rings. The molecule has 0 aliphatic carbocycles. The van der Waals surface area contributed by atoms with E-state index in [0.29, 0.717) is 6.61 Å². The number of rotatable bonds is 13. The van der Waals surface area contributed by atoms with Crippen molar-refractivity contribution in [3.05, 3.63) is 0 Å². The van der Waals surface area contributed by atoms with E-state index in [0.717, 1.165) is 13.0 Å². The maximum Gasteiger partial charge on any atom is 0.0780 e. The lowest BCUT2D eigenvalue weighted by Gasteiger charge is -2.16. The molecule has 0 saturated heterocycles. The second-order valence-electron chi connectivity index (χ2n) is 5.13. The fraction of sp³-hybridized carbons (Fsp3) is 1.00. The lowest BCUT2D eigenvalue weighted by molar-refractivity contribution is -0.0459. The van der Waals surface area contributed by atoms with Gasteiger partial charge in [0.1, 0.15) is 0 Å². The lowest BCUT2D eigenvalue weighted by atomic mass is 10.1. The molecule has 2 atom stereocenters. The minimum absolute atomic E-state index is 0.0739. The molecule has 18 heavy (non-hydrogen) atoms. The van der Waals surface area contributed by atoms with Gasteiger partial charge in [0.15, 0.2) is 0 Å². The summed E-state index contributed by atoms with van der Waals surface area (Å²) in [6, 6.07) is 0. The highest BCUT2D eigenvalue weighted by Crippen LogP contribution is 2.07. The van der Waals surface area contributed by atoms with Crippen molar-refractivity contribution >= 4 is 0 Å². The van der Waals surface area contributed by atoms with E-state index in [1.54, 1.807) is 0 Å². The zero-order valence-electron chi connectivity index (χ0n) is 12.5. The van der Waals surface area contributed by atoms with Crippen molar-refractivity contribution in [3.8, 4) is 0 Å². The molecular weight excluding hydrogens is 228 g/mol. The van der Waals surface area contributed by atoms with Gasteiger partial charge in [-0.1, -0.05) is 45.4 Å². The number of aliphatic hydroxyl groups excluding tert-OH is 1. The second-order valence-corrected chi connectivity index (χ2v) is 5.13.